The van der Waals surface area contributed by atoms with E-state index < -0.39 is 5.97 Å². The van der Waals surface area contributed by atoms with Crippen LogP contribution in [0.25, 0.3) is 0 Å². The van der Waals surface area contributed by atoms with E-state index in [1.165, 1.54) is 0 Å². The van der Waals surface area contributed by atoms with Crippen LogP contribution in [0.3, 0.4) is 0 Å². The van der Waals surface area contributed by atoms with Gasteiger partial charge in [0.15, 0.2) is 0 Å². The van der Waals surface area contributed by atoms with Gasteiger partial charge in [0, 0.05) is 23.4 Å². The van der Waals surface area contributed by atoms with Crippen molar-refractivity contribution in [2.45, 2.75) is 32.3 Å². The van der Waals surface area contributed by atoms with E-state index in [4.69, 9.17) is 16.3 Å². The highest BCUT2D eigenvalue weighted by Gasteiger charge is 2.22. The standard InChI is InChI=1S/C36H31ClO3/c37-32-18-16-29(17-19-32)25-40-36-31(20-26-10-4-1-5-11-26)23-30(24-35(38)39)33(21-27-12-6-2-7-13-27)34(36)22-28-14-8-3-9-15-28/h1-19,23H,20-22,24-25H2,(H,38,39). The molecule has 5 rings (SSSR count). The lowest BCUT2D eigenvalue weighted by Crippen LogP contribution is -2.12. The average Bonchev–Trinajstić information content (AvgIpc) is 2.97. The highest BCUT2D eigenvalue weighted by atomic mass is 35.5. The normalized spacial score (nSPS) is 10.8. The summed E-state index contributed by atoms with van der Waals surface area (Å²) < 4.78 is 6.69. The zero-order valence-electron chi connectivity index (χ0n) is 22.2. The Morgan fingerprint density at radius 1 is 0.600 bits per heavy atom. The smallest absolute Gasteiger partial charge is 0.307 e. The number of ether oxygens (including phenoxy) is 1. The molecule has 40 heavy (non-hydrogen) atoms. The Balaban J connectivity index is 1.69. The second-order valence-electron chi connectivity index (χ2n) is 9.95. The summed E-state index contributed by atoms with van der Waals surface area (Å²) in [6.45, 7) is 0.379. The molecule has 5 aromatic rings. The maximum Gasteiger partial charge on any atom is 0.307 e. The summed E-state index contributed by atoms with van der Waals surface area (Å²) in [6.07, 6.45) is 1.84. The van der Waals surface area contributed by atoms with Crippen LogP contribution in [0.5, 0.6) is 5.75 Å². The number of halogens is 1. The molecular formula is C36H31ClO3. The highest BCUT2D eigenvalue weighted by molar-refractivity contribution is 6.30. The first-order valence-electron chi connectivity index (χ1n) is 13.4. The largest absolute Gasteiger partial charge is 0.488 e. The van der Waals surface area contributed by atoms with Gasteiger partial charge in [0.25, 0.3) is 0 Å². The maximum absolute atomic E-state index is 12.1. The van der Waals surface area contributed by atoms with Crippen LogP contribution in [0.2, 0.25) is 5.02 Å². The molecule has 0 bridgehead atoms. The van der Waals surface area contributed by atoms with Crippen LogP contribution in [-0.2, 0) is 37.1 Å². The lowest BCUT2D eigenvalue weighted by Gasteiger charge is -2.23. The van der Waals surface area contributed by atoms with E-state index in [9.17, 15) is 9.90 Å². The lowest BCUT2D eigenvalue weighted by molar-refractivity contribution is -0.136. The average molecular weight is 547 g/mol. The molecule has 0 aromatic heterocycles. The van der Waals surface area contributed by atoms with Crippen molar-refractivity contribution < 1.29 is 14.6 Å². The molecule has 0 heterocycles. The van der Waals surface area contributed by atoms with Gasteiger partial charge in [0.1, 0.15) is 12.4 Å². The van der Waals surface area contributed by atoms with Crippen molar-refractivity contribution in [3.8, 4) is 5.75 Å². The van der Waals surface area contributed by atoms with Gasteiger partial charge in [-0.2, -0.15) is 0 Å². The molecule has 0 saturated carbocycles. The number of carboxylic acids is 1. The molecule has 5 aromatic carbocycles. The molecule has 0 aliphatic carbocycles. The summed E-state index contributed by atoms with van der Waals surface area (Å²) in [4.78, 5) is 12.1. The third-order valence-electron chi connectivity index (χ3n) is 6.99. The van der Waals surface area contributed by atoms with E-state index in [1.807, 2.05) is 84.9 Å². The number of hydrogen-bond acceptors (Lipinski definition) is 2. The Kier molecular flexibility index (Phi) is 8.95. The zero-order chi connectivity index (χ0) is 27.7. The molecule has 0 atom stereocenters. The van der Waals surface area contributed by atoms with Gasteiger partial charge in [-0.1, -0.05) is 121 Å². The van der Waals surface area contributed by atoms with Crippen molar-refractivity contribution in [3.05, 3.63) is 171 Å². The second kappa shape index (κ2) is 13.1. The molecule has 0 radical (unpaired) electrons. The number of rotatable bonds is 11. The summed E-state index contributed by atoms with van der Waals surface area (Å²) in [5, 5.41) is 10.6. The lowest BCUT2D eigenvalue weighted by atomic mass is 9.86. The molecule has 0 amide bonds. The number of aliphatic carboxylic acids is 1. The van der Waals surface area contributed by atoms with Crippen LogP contribution >= 0.6 is 11.6 Å². The number of carbonyl (C=O) groups is 1. The van der Waals surface area contributed by atoms with Gasteiger partial charge in [-0.05, 0) is 57.5 Å². The van der Waals surface area contributed by atoms with Crippen LogP contribution < -0.4 is 4.74 Å². The van der Waals surface area contributed by atoms with Crippen molar-refractivity contribution >= 4 is 17.6 Å². The number of carboxylic acid groups (broad SMARTS) is 1. The van der Waals surface area contributed by atoms with Crippen LogP contribution in [0, 0.1) is 0 Å². The molecule has 200 valence electrons. The summed E-state index contributed by atoms with van der Waals surface area (Å²) in [5.74, 6) is -0.0248. The maximum atomic E-state index is 12.1. The Labute approximate surface area is 240 Å². The first-order chi connectivity index (χ1) is 19.5. The van der Waals surface area contributed by atoms with Crippen molar-refractivity contribution in [3.63, 3.8) is 0 Å². The van der Waals surface area contributed by atoms with Crippen molar-refractivity contribution in [2.24, 2.45) is 0 Å². The Hall–Kier alpha value is -4.34. The summed E-state index contributed by atoms with van der Waals surface area (Å²) in [6, 6.07) is 40.5. The highest BCUT2D eigenvalue weighted by Crippen LogP contribution is 2.36. The second-order valence-corrected chi connectivity index (χ2v) is 10.4. The van der Waals surface area contributed by atoms with Crippen LogP contribution in [-0.4, -0.2) is 11.1 Å². The van der Waals surface area contributed by atoms with E-state index in [1.54, 1.807) is 0 Å². The van der Waals surface area contributed by atoms with E-state index in [2.05, 4.69) is 36.4 Å². The third kappa shape index (κ3) is 7.19. The Morgan fingerprint density at radius 2 is 1.10 bits per heavy atom. The minimum atomic E-state index is -0.847. The van der Waals surface area contributed by atoms with Gasteiger partial charge < -0.3 is 9.84 Å². The fourth-order valence-corrected chi connectivity index (χ4v) is 5.20. The molecule has 0 saturated heterocycles. The monoisotopic (exact) mass is 546 g/mol. The Morgan fingerprint density at radius 3 is 1.62 bits per heavy atom. The van der Waals surface area contributed by atoms with Crippen LogP contribution in [0.4, 0.5) is 0 Å². The number of benzene rings is 5. The quantitative estimate of drug-likeness (QED) is 0.181. The van der Waals surface area contributed by atoms with Gasteiger partial charge >= 0.3 is 5.97 Å². The molecule has 0 unspecified atom stereocenters. The summed E-state index contributed by atoms with van der Waals surface area (Å²) in [5.41, 5.74) is 8.29. The van der Waals surface area contributed by atoms with Gasteiger partial charge in [-0.3, -0.25) is 4.79 Å². The minimum absolute atomic E-state index is 0.0524. The molecule has 0 aliphatic rings. The predicted molar refractivity (Wildman–Crippen MR) is 161 cm³/mol. The number of hydrogen-bond donors (Lipinski definition) is 1. The van der Waals surface area contributed by atoms with E-state index in [0.717, 1.165) is 50.3 Å². The molecule has 0 aliphatic heterocycles. The zero-order valence-corrected chi connectivity index (χ0v) is 23.0. The minimum Gasteiger partial charge on any atom is -0.488 e. The molecule has 0 spiro atoms. The van der Waals surface area contributed by atoms with Crippen molar-refractivity contribution in [1.29, 1.82) is 0 Å². The first kappa shape index (κ1) is 27.2. The molecule has 1 N–H and O–H groups in total. The topological polar surface area (TPSA) is 46.5 Å². The van der Waals surface area contributed by atoms with Gasteiger partial charge in [-0.15, -0.1) is 0 Å². The fraction of sp³-hybridized carbons (Fsp3) is 0.139. The summed E-state index contributed by atoms with van der Waals surface area (Å²) >= 11 is 6.13. The van der Waals surface area contributed by atoms with E-state index in [-0.39, 0.29) is 6.42 Å². The first-order valence-corrected chi connectivity index (χ1v) is 13.8. The van der Waals surface area contributed by atoms with Gasteiger partial charge in [0.05, 0.1) is 6.42 Å². The van der Waals surface area contributed by atoms with Gasteiger partial charge in [-0.25, -0.2) is 0 Å². The molecule has 3 nitrogen and oxygen atoms in total. The van der Waals surface area contributed by atoms with Crippen molar-refractivity contribution in [1.82, 2.24) is 0 Å². The summed E-state index contributed by atoms with van der Waals surface area (Å²) in [7, 11) is 0. The third-order valence-corrected chi connectivity index (χ3v) is 7.24. The van der Waals surface area contributed by atoms with E-state index >= 15 is 0 Å². The van der Waals surface area contributed by atoms with Crippen LogP contribution in [0.15, 0.2) is 121 Å². The Bertz CT molecular complexity index is 1550. The SMILES string of the molecule is O=C(O)Cc1cc(Cc2ccccc2)c(OCc2ccc(Cl)cc2)c(Cc2ccccc2)c1Cc1ccccc1. The predicted octanol–water partition coefficient (Wildman–Crippen LogP) is 8.32. The molecular weight excluding hydrogens is 516 g/mol. The van der Waals surface area contributed by atoms with E-state index in [0.29, 0.717) is 30.9 Å². The fourth-order valence-electron chi connectivity index (χ4n) is 5.08. The van der Waals surface area contributed by atoms with Crippen LogP contribution in [0.1, 0.15) is 44.5 Å². The molecule has 4 heteroatoms. The van der Waals surface area contributed by atoms with Gasteiger partial charge in [0.2, 0.25) is 0 Å². The molecule has 0 fully saturated rings. The van der Waals surface area contributed by atoms with Crippen molar-refractivity contribution in [2.75, 3.05) is 0 Å².